The Morgan fingerprint density at radius 2 is 2.16 bits per heavy atom. The number of ether oxygens (including phenoxy) is 1. The van der Waals surface area contributed by atoms with Gasteiger partial charge in [-0.25, -0.2) is 0 Å². The van der Waals surface area contributed by atoms with E-state index in [9.17, 15) is 0 Å². The average Bonchev–Trinajstić information content (AvgIpc) is 2.85. The zero-order valence-corrected chi connectivity index (χ0v) is 13.5. The zero-order valence-electron chi connectivity index (χ0n) is 11.4. The van der Waals surface area contributed by atoms with E-state index in [0.29, 0.717) is 0 Å². The second kappa shape index (κ2) is 6.38. The molecule has 1 unspecified atom stereocenters. The van der Waals surface area contributed by atoms with Gasteiger partial charge >= 0.3 is 0 Å². The number of benzene rings is 1. The molecule has 1 N–H and O–H groups in total. The van der Waals surface area contributed by atoms with E-state index in [0.717, 1.165) is 18.0 Å². The van der Waals surface area contributed by atoms with E-state index in [4.69, 9.17) is 4.74 Å². The minimum Gasteiger partial charge on any atom is -0.493 e. The van der Waals surface area contributed by atoms with Crippen molar-refractivity contribution in [3.05, 3.63) is 45.3 Å². The van der Waals surface area contributed by atoms with Crippen LogP contribution in [0.15, 0.2) is 30.5 Å². The minimum atomic E-state index is 0.0745. The smallest absolute Gasteiger partial charge is 0.161 e. The molecule has 102 valence electrons. The molecule has 0 bridgehead atoms. The molecule has 0 spiro atoms. The highest BCUT2D eigenvalue weighted by atomic mass is 127. The predicted octanol–water partition coefficient (Wildman–Crippen LogP) is 2.83. The molecule has 2 aromatic rings. The first-order chi connectivity index (χ1) is 9.22. The predicted molar refractivity (Wildman–Crippen MR) is 84.5 cm³/mol. The third-order valence-electron chi connectivity index (χ3n) is 3.14. The summed E-state index contributed by atoms with van der Waals surface area (Å²) in [5.41, 5.74) is 2.30. The molecule has 2 rings (SSSR count). The van der Waals surface area contributed by atoms with Gasteiger partial charge < -0.3 is 10.1 Å². The minimum absolute atomic E-state index is 0.0745. The highest BCUT2D eigenvalue weighted by molar-refractivity contribution is 14.1. The number of nitrogens with zero attached hydrogens (tertiary/aromatic N) is 2. The number of nitrogens with one attached hydrogen (secondary N) is 1. The fourth-order valence-electron chi connectivity index (χ4n) is 2.23. The Hall–Kier alpha value is -1.08. The van der Waals surface area contributed by atoms with Crippen LogP contribution in [0.3, 0.4) is 0 Å². The van der Waals surface area contributed by atoms with Crippen LogP contribution in [0.4, 0.5) is 0 Å². The maximum absolute atomic E-state index is 5.45. The summed E-state index contributed by atoms with van der Waals surface area (Å²) in [5, 5.41) is 7.74. The van der Waals surface area contributed by atoms with E-state index < -0.39 is 0 Å². The van der Waals surface area contributed by atoms with Crippen molar-refractivity contribution in [1.29, 1.82) is 0 Å². The fourth-order valence-corrected chi connectivity index (χ4v) is 2.93. The molecule has 19 heavy (non-hydrogen) atoms. The topological polar surface area (TPSA) is 39.1 Å². The van der Waals surface area contributed by atoms with Gasteiger partial charge in [-0.15, -0.1) is 0 Å². The van der Waals surface area contributed by atoms with Crippen molar-refractivity contribution in [3.8, 4) is 5.75 Å². The largest absolute Gasteiger partial charge is 0.493 e. The van der Waals surface area contributed by atoms with Crippen LogP contribution in [0.2, 0.25) is 0 Å². The lowest BCUT2D eigenvalue weighted by atomic mass is 10.0. The SMILES string of the molecule is CCn1ncc(OC)c1C(NC)c1ccccc1I. The second-order valence-electron chi connectivity index (χ2n) is 4.16. The van der Waals surface area contributed by atoms with E-state index in [1.54, 1.807) is 13.3 Å². The van der Waals surface area contributed by atoms with Gasteiger partial charge in [-0.3, -0.25) is 4.68 Å². The Bertz CT molecular complexity index is 532. The Kier molecular flexibility index (Phi) is 4.81. The lowest BCUT2D eigenvalue weighted by Crippen LogP contribution is -2.22. The summed E-state index contributed by atoms with van der Waals surface area (Å²) in [7, 11) is 3.64. The number of aryl methyl sites for hydroxylation is 1. The van der Waals surface area contributed by atoms with Gasteiger partial charge in [0.05, 0.1) is 19.3 Å². The molecule has 1 aromatic carbocycles. The fraction of sp³-hybridized carbons (Fsp3) is 0.357. The number of methoxy groups -OCH3 is 1. The quantitative estimate of drug-likeness (QED) is 0.822. The van der Waals surface area contributed by atoms with Gasteiger partial charge in [0.1, 0.15) is 5.69 Å². The molecule has 4 nitrogen and oxygen atoms in total. The van der Waals surface area contributed by atoms with Gasteiger partial charge in [0.25, 0.3) is 0 Å². The lowest BCUT2D eigenvalue weighted by molar-refractivity contribution is 0.401. The van der Waals surface area contributed by atoms with Crippen molar-refractivity contribution in [2.45, 2.75) is 19.5 Å². The molecule has 1 atom stereocenters. The highest BCUT2D eigenvalue weighted by Gasteiger charge is 2.23. The number of aromatic nitrogens is 2. The van der Waals surface area contributed by atoms with Gasteiger partial charge in [-0.1, -0.05) is 18.2 Å². The summed E-state index contributed by atoms with van der Waals surface area (Å²) >= 11 is 2.36. The summed E-state index contributed by atoms with van der Waals surface area (Å²) < 4.78 is 8.65. The molecule has 1 aromatic heterocycles. The summed E-state index contributed by atoms with van der Waals surface area (Å²) in [6.45, 7) is 2.90. The van der Waals surface area contributed by atoms with Crippen molar-refractivity contribution in [1.82, 2.24) is 15.1 Å². The van der Waals surface area contributed by atoms with Crippen LogP contribution < -0.4 is 10.1 Å². The van der Waals surface area contributed by atoms with Gasteiger partial charge in [0.15, 0.2) is 5.75 Å². The Balaban J connectivity index is 2.54. The van der Waals surface area contributed by atoms with E-state index in [1.165, 1.54) is 9.13 Å². The van der Waals surface area contributed by atoms with Gasteiger partial charge in [-0.05, 0) is 48.2 Å². The molecule has 5 heteroatoms. The Labute approximate surface area is 127 Å². The van der Waals surface area contributed by atoms with E-state index in [-0.39, 0.29) is 6.04 Å². The molecule has 0 aliphatic heterocycles. The number of hydrogen-bond donors (Lipinski definition) is 1. The summed E-state index contributed by atoms with van der Waals surface area (Å²) in [5.74, 6) is 0.820. The zero-order chi connectivity index (χ0) is 13.8. The van der Waals surface area contributed by atoms with Gasteiger partial charge in [0.2, 0.25) is 0 Å². The second-order valence-corrected chi connectivity index (χ2v) is 5.32. The molecule has 0 saturated heterocycles. The maximum atomic E-state index is 5.45. The molecule has 1 heterocycles. The van der Waals surface area contributed by atoms with E-state index >= 15 is 0 Å². The molecule has 0 aliphatic rings. The first-order valence-electron chi connectivity index (χ1n) is 6.24. The van der Waals surface area contributed by atoms with E-state index in [1.807, 2.05) is 17.8 Å². The average molecular weight is 371 g/mol. The van der Waals surface area contributed by atoms with Crippen LogP contribution in [0.1, 0.15) is 24.2 Å². The van der Waals surface area contributed by atoms with Crippen molar-refractivity contribution in [2.75, 3.05) is 14.2 Å². The van der Waals surface area contributed by atoms with Gasteiger partial charge in [0, 0.05) is 10.1 Å². The lowest BCUT2D eigenvalue weighted by Gasteiger charge is -2.20. The molecule has 0 saturated carbocycles. The van der Waals surface area contributed by atoms with Crippen LogP contribution in [-0.2, 0) is 6.54 Å². The number of rotatable bonds is 5. The van der Waals surface area contributed by atoms with Crippen molar-refractivity contribution >= 4 is 22.6 Å². The molecule has 0 aliphatic carbocycles. The third-order valence-corrected chi connectivity index (χ3v) is 4.13. The molecular formula is C14H18IN3O. The van der Waals surface area contributed by atoms with Crippen LogP contribution >= 0.6 is 22.6 Å². The summed E-state index contributed by atoms with van der Waals surface area (Å²) in [4.78, 5) is 0. The summed E-state index contributed by atoms with van der Waals surface area (Å²) in [6, 6.07) is 8.42. The van der Waals surface area contributed by atoms with Gasteiger partial charge in [-0.2, -0.15) is 5.10 Å². The van der Waals surface area contributed by atoms with Crippen LogP contribution in [0.5, 0.6) is 5.75 Å². The highest BCUT2D eigenvalue weighted by Crippen LogP contribution is 2.31. The molecule has 0 amide bonds. The van der Waals surface area contributed by atoms with E-state index in [2.05, 4.69) is 58.1 Å². The monoisotopic (exact) mass is 371 g/mol. The molecule has 0 radical (unpaired) electrons. The molecular weight excluding hydrogens is 353 g/mol. The maximum Gasteiger partial charge on any atom is 0.161 e. The first kappa shape index (κ1) is 14.3. The van der Waals surface area contributed by atoms with Crippen LogP contribution in [-0.4, -0.2) is 23.9 Å². The molecule has 0 fully saturated rings. The number of hydrogen-bond acceptors (Lipinski definition) is 3. The van der Waals surface area contributed by atoms with Crippen LogP contribution in [0, 0.1) is 3.57 Å². The van der Waals surface area contributed by atoms with Crippen molar-refractivity contribution in [3.63, 3.8) is 0 Å². The third kappa shape index (κ3) is 2.76. The van der Waals surface area contributed by atoms with Crippen LogP contribution in [0.25, 0.3) is 0 Å². The standard InChI is InChI=1S/C14H18IN3O/c1-4-18-14(12(19-3)9-17-18)13(16-2)10-7-5-6-8-11(10)15/h5-9,13,16H,4H2,1-3H3. The summed E-state index contributed by atoms with van der Waals surface area (Å²) in [6.07, 6.45) is 1.78. The normalized spacial score (nSPS) is 12.4. The first-order valence-corrected chi connectivity index (χ1v) is 7.32. The van der Waals surface area contributed by atoms with Crippen molar-refractivity contribution < 1.29 is 4.74 Å². The Morgan fingerprint density at radius 1 is 1.42 bits per heavy atom. The van der Waals surface area contributed by atoms with Crippen molar-refractivity contribution in [2.24, 2.45) is 0 Å². The Morgan fingerprint density at radius 3 is 2.74 bits per heavy atom. The number of halogens is 1.